The molecule has 0 aliphatic heterocycles. The Bertz CT molecular complexity index is 384. The molecule has 5 heteroatoms. The Kier molecular flexibility index (Phi) is 2.92. The van der Waals surface area contributed by atoms with Gasteiger partial charge in [0.05, 0.1) is 11.7 Å². The molecular formula is C9H9ClFN3. The molecular weight excluding hydrogens is 205 g/mol. The Balaban J connectivity index is 2.98. The summed E-state index contributed by atoms with van der Waals surface area (Å²) in [6, 6.07) is 0. The number of halogens is 2. The third-order valence-corrected chi connectivity index (χ3v) is 1.69. The summed E-state index contributed by atoms with van der Waals surface area (Å²) in [5.74, 6) is 1.88. The van der Waals surface area contributed by atoms with Gasteiger partial charge in [0, 0.05) is 0 Å². The van der Waals surface area contributed by atoms with Crippen molar-refractivity contribution in [2.75, 3.05) is 5.32 Å². The maximum atomic E-state index is 13.1. The quantitative estimate of drug-likeness (QED) is 0.604. The van der Waals surface area contributed by atoms with E-state index in [0.717, 1.165) is 6.20 Å². The fourth-order valence-corrected chi connectivity index (χ4v) is 0.899. The van der Waals surface area contributed by atoms with Gasteiger partial charge >= 0.3 is 0 Å². The van der Waals surface area contributed by atoms with Gasteiger partial charge in [0.25, 0.3) is 0 Å². The van der Waals surface area contributed by atoms with Crippen LogP contribution in [-0.2, 0) is 0 Å². The van der Waals surface area contributed by atoms with Gasteiger partial charge in [-0.05, 0) is 25.4 Å². The van der Waals surface area contributed by atoms with E-state index in [2.05, 4.69) is 21.2 Å². The minimum absolute atomic E-state index is 0.00736. The lowest BCUT2D eigenvalue weighted by atomic mass is 10.1. The van der Waals surface area contributed by atoms with Gasteiger partial charge in [0.15, 0.2) is 11.6 Å². The first-order chi connectivity index (χ1) is 6.44. The molecule has 0 fully saturated rings. The molecule has 0 unspecified atom stereocenters. The number of anilines is 1. The minimum Gasteiger partial charge on any atom is -0.352 e. The number of nitrogens with one attached hydrogen (secondary N) is 1. The van der Waals surface area contributed by atoms with E-state index in [0.29, 0.717) is 0 Å². The average Bonchev–Trinajstić information content (AvgIpc) is 2.11. The topological polar surface area (TPSA) is 37.8 Å². The van der Waals surface area contributed by atoms with Crippen molar-refractivity contribution in [3.63, 3.8) is 0 Å². The zero-order valence-electron chi connectivity index (χ0n) is 7.81. The summed E-state index contributed by atoms with van der Waals surface area (Å²) in [6.45, 7) is 3.45. The van der Waals surface area contributed by atoms with E-state index < -0.39 is 11.4 Å². The van der Waals surface area contributed by atoms with Crippen LogP contribution in [0, 0.1) is 18.2 Å². The van der Waals surface area contributed by atoms with Gasteiger partial charge in [0.2, 0.25) is 5.28 Å². The Morgan fingerprint density at radius 3 is 2.86 bits per heavy atom. The first-order valence-corrected chi connectivity index (χ1v) is 4.26. The van der Waals surface area contributed by atoms with Gasteiger partial charge in [-0.15, -0.1) is 6.42 Å². The molecule has 0 saturated heterocycles. The van der Waals surface area contributed by atoms with E-state index in [1.807, 2.05) is 0 Å². The van der Waals surface area contributed by atoms with Crippen molar-refractivity contribution in [3.05, 3.63) is 17.3 Å². The van der Waals surface area contributed by atoms with Crippen LogP contribution in [0.3, 0.4) is 0 Å². The van der Waals surface area contributed by atoms with Crippen LogP contribution in [0.1, 0.15) is 13.8 Å². The number of nitrogens with zero attached hydrogens (tertiary/aromatic N) is 2. The largest absolute Gasteiger partial charge is 0.352 e. The third-order valence-electron chi connectivity index (χ3n) is 1.51. The highest BCUT2D eigenvalue weighted by molar-refractivity contribution is 6.28. The van der Waals surface area contributed by atoms with Crippen LogP contribution >= 0.6 is 11.6 Å². The molecule has 0 aliphatic carbocycles. The van der Waals surface area contributed by atoms with Crippen LogP contribution in [0.15, 0.2) is 6.20 Å². The average molecular weight is 214 g/mol. The van der Waals surface area contributed by atoms with Crippen molar-refractivity contribution < 1.29 is 4.39 Å². The lowest BCUT2D eigenvalue weighted by Crippen LogP contribution is -2.29. The van der Waals surface area contributed by atoms with E-state index in [1.54, 1.807) is 13.8 Å². The summed E-state index contributed by atoms with van der Waals surface area (Å²) in [5.41, 5.74) is -0.682. The fraction of sp³-hybridized carbons (Fsp3) is 0.333. The number of rotatable bonds is 2. The zero-order chi connectivity index (χ0) is 10.8. The van der Waals surface area contributed by atoms with E-state index in [4.69, 9.17) is 18.0 Å². The van der Waals surface area contributed by atoms with E-state index in [1.165, 1.54) is 0 Å². The second kappa shape index (κ2) is 3.81. The van der Waals surface area contributed by atoms with Crippen LogP contribution in [0.2, 0.25) is 5.28 Å². The molecule has 0 aliphatic rings. The maximum Gasteiger partial charge on any atom is 0.224 e. The van der Waals surface area contributed by atoms with Crippen LogP contribution in [0.5, 0.6) is 0 Å². The standard InChI is InChI=1S/C9H9ClFN3/c1-4-9(2,3)14-7-6(11)5-12-8(10)13-7/h1,5H,2-3H3,(H,12,13,14). The molecule has 14 heavy (non-hydrogen) atoms. The molecule has 0 bridgehead atoms. The summed E-state index contributed by atoms with van der Waals surface area (Å²) in [5, 5.41) is 2.70. The molecule has 1 aromatic rings. The Morgan fingerprint density at radius 2 is 2.29 bits per heavy atom. The van der Waals surface area contributed by atoms with Crippen molar-refractivity contribution >= 4 is 17.4 Å². The van der Waals surface area contributed by atoms with Crippen LogP contribution < -0.4 is 5.32 Å². The minimum atomic E-state index is -0.682. The van der Waals surface area contributed by atoms with Gasteiger partial charge in [-0.1, -0.05) is 5.92 Å². The summed E-state index contributed by atoms with van der Waals surface area (Å²) < 4.78 is 13.1. The summed E-state index contributed by atoms with van der Waals surface area (Å²) in [6.07, 6.45) is 6.22. The van der Waals surface area contributed by atoms with Crippen molar-refractivity contribution in [3.8, 4) is 12.3 Å². The Hall–Kier alpha value is -1.34. The van der Waals surface area contributed by atoms with Crippen molar-refractivity contribution in [1.82, 2.24) is 9.97 Å². The lowest BCUT2D eigenvalue weighted by Gasteiger charge is -2.20. The molecule has 1 N–H and O–H groups in total. The van der Waals surface area contributed by atoms with Crippen LogP contribution in [-0.4, -0.2) is 15.5 Å². The molecule has 3 nitrogen and oxygen atoms in total. The second-order valence-corrected chi connectivity index (χ2v) is 3.57. The molecule has 1 aromatic heterocycles. The molecule has 74 valence electrons. The smallest absolute Gasteiger partial charge is 0.224 e. The summed E-state index contributed by atoms with van der Waals surface area (Å²) in [7, 11) is 0. The molecule has 0 amide bonds. The second-order valence-electron chi connectivity index (χ2n) is 3.23. The molecule has 0 atom stereocenters. The molecule has 1 heterocycles. The highest BCUT2D eigenvalue weighted by Gasteiger charge is 2.16. The van der Waals surface area contributed by atoms with E-state index >= 15 is 0 Å². The number of hydrogen-bond acceptors (Lipinski definition) is 3. The highest BCUT2D eigenvalue weighted by atomic mass is 35.5. The van der Waals surface area contributed by atoms with Gasteiger partial charge in [-0.2, -0.15) is 4.98 Å². The zero-order valence-corrected chi connectivity index (χ0v) is 8.56. The predicted octanol–water partition coefficient (Wildman–Crippen LogP) is 2.09. The summed E-state index contributed by atoms with van der Waals surface area (Å²) >= 11 is 5.51. The van der Waals surface area contributed by atoms with Gasteiger partial charge in [-0.3, -0.25) is 0 Å². The van der Waals surface area contributed by atoms with Gasteiger partial charge < -0.3 is 5.32 Å². The Labute approximate surface area is 86.7 Å². The first kappa shape index (κ1) is 10.7. The SMILES string of the molecule is C#CC(C)(C)Nc1nc(Cl)ncc1F. The molecule has 0 aromatic carbocycles. The predicted molar refractivity (Wildman–Crippen MR) is 53.5 cm³/mol. The number of aromatic nitrogens is 2. The Morgan fingerprint density at radius 1 is 1.64 bits per heavy atom. The third kappa shape index (κ3) is 2.57. The maximum absolute atomic E-state index is 13.1. The van der Waals surface area contributed by atoms with Gasteiger partial charge in [-0.25, -0.2) is 9.37 Å². The number of terminal acetylenes is 1. The first-order valence-electron chi connectivity index (χ1n) is 3.88. The molecule has 0 spiro atoms. The number of hydrogen-bond donors (Lipinski definition) is 1. The fourth-order valence-electron chi connectivity index (χ4n) is 0.765. The monoisotopic (exact) mass is 213 g/mol. The van der Waals surface area contributed by atoms with Crippen molar-refractivity contribution in [1.29, 1.82) is 0 Å². The lowest BCUT2D eigenvalue weighted by molar-refractivity contribution is 0.607. The molecule has 0 radical (unpaired) electrons. The van der Waals surface area contributed by atoms with Crippen LogP contribution in [0.4, 0.5) is 10.2 Å². The summed E-state index contributed by atoms with van der Waals surface area (Å²) in [4.78, 5) is 7.16. The van der Waals surface area contributed by atoms with Crippen LogP contribution in [0.25, 0.3) is 0 Å². The van der Waals surface area contributed by atoms with Crippen molar-refractivity contribution in [2.45, 2.75) is 19.4 Å². The van der Waals surface area contributed by atoms with E-state index in [9.17, 15) is 4.39 Å². The van der Waals surface area contributed by atoms with E-state index in [-0.39, 0.29) is 11.1 Å². The van der Waals surface area contributed by atoms with Gasteiger partial charge in [0.1, 0.15) is 0 Å². The normalized spacial score (nSPS) is 10.8. The highest BCUT2D eigenvalue weighted by Crippen LogP contribution is 2.16. The molecule has 0 saturated carbocycles. The van der Waals surface area contributed by atoms with Crippen molar-refractivity contribution in [2.24, 2.45) is 0 Å². The molecule has 1 rings (SSSR count).